The fourth-order valence-electron chi connectivity index (χ4n) is 2.59. The van der Waals surface area contributed by atoms with E-state index in [1.165, 1.54) is 6.07 Å². The molecule has 0 atom stereocenters. The van der Waals surface area contributed by atoms with E-state index in [-0.39, 0.29) is 12.2 Å². The van der Waals surface area contributed by atoms with Crippen molar-refractivity contribution in [1.29, 1.82) is 0 Å². The highest BCUT2D eigenvalue weighted by molar-refractivity contribution is 5.88. The zero-order valence-electron chi connectivity index (χ0n) is 11.8. The molecule has 1 fully saturated rings. The van der Waals surface area contributed by atoms with E-state index in [0.29, 0.717) is 18.8 Å². The number of anilines is 1. The maximum atomic E-state index is 13.8. The zero-order valence-corrected chi connectivity index (χ0v) is 11.8. The lowest BCUT2D eigenvalue weighted by Crippen LogP contribution is -2.40. The molecular weight excluding hydrogens is 280 g/mol. The molecule has 0 aromatic heterocycles. The predicted molar refractivity (Wildman–Crippen MR) is 74.4 cm³/mol. The number of aromatic carboxylic acids is 1. The van der Waals surface area contributed by atoms with Crippen molar-refractivity contribution in [3.63, 3.8) is 0 Å². The fourth-order valence-corrected chi connectivity index (χ4v) is 2.59. The molecule has 0 spiro atoms. The van der Waals surface area contributed by atoms with Gasteiger partial charge in [0.25, 0.3) is 0 Å². The first-order valence-electron chi connectivity index (χ1n) is 7.00. The molecule has 0 heterocycles. The molecular formula is C15H19F2NO3. The number of rotatable bonds is 4. The number of hydrogen-bond donors (Lipinski definition) is 3. The lowest BCUT2D eigenvalue weighted by atomic mass is 9.79. The number of benzene rings is 1. The topological polar surface area (TPSA) is 69.6 Å². The average molecular weight is 299 g/mol. The van der Waals surface area contributed by atoms with E-state index >= 15 is 0 Å². The van der Waals surface area contributed by atoms with Gasteiger partial charge in [0.1, 0.15) is 0 Å². The molecule has 116 valence electrons. The fraction of sp³-hybridized carbons (Fsp3) is 0.533. The minimum atomic E-state index is -1.52. The minimum absolute atomic E-state index is 0.114. The summed E-state index contributed by atoms with van der Waals surface area (Å²) in [6.45, 7) is 2.23. The van der Waals surface area contributed by atoms with E-state index < -0.39 is 28.8 Å². The summed E-state index contributed by atoms with van der Waals surface area (Å²) in [5, 5.41) is 21.8. The Morgan fingerprint density at radius 1 is 1.33 bits per heavy atom. The molecule has 4 nitrogen and oxygen atoms in total. The molecule has 1 saturated carbocycles. The first-order valence-corrected chi connectivity index (χ1v) is 7.00. The van der Waals surface area contributed by atoms with Gasteiger partial charge in [-0.05, 0) is 43.7 Å². The van der Waals surface area contributed by atoms with Gasteiger partial charge in [0.2, 0.25) is 0 Å². The van der Waals surface area contributed by atoms with E-state index in [2.05, 4.69) is 12.2 Å². The summed E-state index contributed by atoms with van der Waals surface area (Å²) in [5.74, 6) is -3.58. The van der Waals surface area contributed by atoms with Crippen LogP contribution in [0.4, 0.5) is 14.5 Å². The normalized spacial score (nSPS) is 25.6. The smallest absolute Gasteiger partial charge is 0.338 e. The van der Waals surface area contributed by atoms with Crippen molar-refractivity contribution in [2.24, 2.45) is 5.92 Å². The third kappa shape index (κ3) is 3.50. The molecule has 0 radical (unpaired) electrons. The van der Waals surface area contributed by atoms with E-state index in [9.17, 15) is 18.7 Å². The van der Waals surface area contributed by atoms with E-state index in [1.807, 2.05) is 0 Å². The number of hydrogen-bond acceptors (Lipinski definition) is 3. The molecule has 21 heavy (non-hydrogen) atoms. The molecule has 3 N–H and O–H groups in total. The second-order valence-electron chi connectivity index (χ2n) is 5.85. The van der Waals surface area contributed by atoms with Gasteiger partial charge < -0.3 is 15.5 Å². The molecule has 0 bridgehead atoms. The van der Waals surface area contributed by atoms with Crippen molar-refractivity contribution in [3.8, 4) is 0 Å². The van der Waals surface area contributed by atoms with Crippen LogP contribution in [-0.4, -0.2) is 28.3 Å². The maximum Gasteiger partial charge on any atom is 0.338 e. The Morgan fingerprint density at radius 3 is 2.52 bits per heavy atom. The second kappa shape index (κ2) is 5.97. The van der Waals surface area contributed by atoms with Gasteiger partial charge in [0, 0.05) is 6.54 Å². The zero-order chi connectivity index (χ0) is 15.6. The quantitative estimate of drug-likeness (QED) is 0.799. The van der Waals surface area contributed by atoms with Crippen LogP contribution in [0.1, 0.15) is 43.0 Å². The first-order chi connectivity index (χ1) is 9.82. The SMILES string of the molecule is CC1CCC(O)(CNc2ccc(C(=O)O)c(F)c2F)CC1. The third-order valence-corrected chi connectivity index (χ3v) is 4.13. The lowest BCUT2D eigenvalue weighted by molar-refractivity contribution is 0.00494. The monoisotopic (exact) mass is 299 g/mol. The number of halogens is 2. The van der Waals surface area contributed by atoms with Crippen LogP contribution >= 0.6 is 0 Å². The van der Waals surface area contributed by atoms with Crippen LogP contribution in [0.15, 0.2) is 12.1 Å². The molecule has 1 aliphatic carbocycles. The summed E-state index contributed by atoms with van der Waals surface area (Å²) in [6, 6.07) is 2.19. The van der Waals surface area contributed by atoms with Crippen molar-refractivity contribution < 1.29 is 23.8 Å². The molecule has 0 unspecified atom stereocenters. The van der Waals surface area contributed by atoms with Crippen molar-refractivity contribution >= 4 is 11.7 Å². The molecule has 2 rings (SSSR count). The Hall–Kier alpha value is -1.69. The van der Waals surface area contributed by atoms with Crippen LogP contribution in [0.2, 0.25) is 0 Å². The summed E-state index contributed by atoms with van der Waals surface area (Å²) >= 11 is 0. The van der Waals surface area contributed by atoms with Crippen LogP contribution in [0.3, 0.4) is 0 Å². The first kappa shape index (κ1) is 15.7. The van der Waals surface area contributed by atoms with Gasteiger partial charge in [-0.25, -0.2) is 13.6 Å². The van der Waals surface area contributed by atoms with Gasteiger partial charge in [-0.15, -0.1) is 0 Å². The standard InChI is InChI=1S/C15H19F2NO3/c1-9-4-6-15(21,7-5-9)8-18-11-3-2-10(14(19)20)12(16)13(11)17/h2-3,9,18,21H,4-8H2,1H3,(H,19,20). The second-order valence-corrected chi connectivity index (χ2v) is 5.85. The highest BCUT2D eigenvalue weighted by Gasteiger charge is 2.32. The van der Waals surface area contributed by atoms with Gasteiger partial charge in [0.15, 0.2) is 11.6 Å². The molecule has 0 saturated heterocycles. The Kier molecular flexibility index (Phi) is 4.46. The number of aliphatic hydroxyl groups is 1. The highest BCUT2D eigenvalue weighted by atomic mass is 19.2. The Labute approximate surface area is 121 Å². The third-order valence-electron chi connectivity index (χ3n) is 4.13. The predicted octanol–water partition coefficient (Wildman–Crippen LogP) is 3.02. The van der Waals surface area contributed by atoms with Crippen molar-refractivity contribution in [2.75, 3.05) is 11.9 Å². The van der Waals surface area contributed by atoms with Crippen molar-refractivity contribution in [2.45, 2.75) is 38.2 Å². The Bertz CT molecular complexity index is 540. The number of carboxylic acids is 1. The van der Waals surface area contributed by atoms with Crippen LogP contribution in [-0.2, 0) is 0 Å². The lowest BCUT2D eigenvalue weighted by Gasteiger charge is -2.35. The van der Waals surface area contributed by atoms with Crippen molar-refractivity contribution in [3.05, 3.63) is 29.3 Å². The largest absolute Gasteiger partial charge is 0.478 e. The van der Waals surface area contributed by atoms with Crippen LogP contribution in [0, 0.1) is 17.6 Å². The van der Waals surface area contributed by atoms with Gasteiger partial charge in [-0.2, -0.15) is 0 Å². The summed E-state index contributed by atoms with van der Waals surface area (Å²) in [5.41, 5.74) is -1.77. The number of carbonyl (C=O) groups is 1. The molecule has 1 aliphatic rings. The van der Waals surface area contributed by atoms with E-state index in [0.717, 1.165) is 18.9 Å². The Balaban J connectivity index is 2.07. The van der Waals surface area contributed by atoms with Gasteiger partial charge >= 0.3 is 5.97 Å². The summed E-state index contributed by atoms with van der Waals surface area (Å²) < 4.78 is 27.3. The van der Waals surface area contributed by atoms with Gasteiger partial charge in [-0.3, -0.25) is 0 Å². The molecule has 0 amide bonds. The van der Waals surface area contributed by atoms with Crippen LogP contribution in [0.25, 0.3) is 0 Å². The van der Waals surface area contributed by atoms with Crippen molar-refractivity contribution in [1.82, 2.24) is 0 Å². The molecule has 6 heteroatoms. The highest BCUT2D eigenvalue weighted by Crippen LogP contribution is 2.32. The van der Waals surface area contributed by atoms with Gasteiger partial charge in [0.05, 0.1) is 16.9 Å². The average Bonchev–Trinajstić information content (AvgIpc) is 2.44. The number of nitrogens with one attached hydrogen (secondary N) is 1. The Morgan fingerprint density at radius 2 is 1.95 bits per heavy atom. The summed E-state index contributed by atoms with van der Waals surface area (Å²) in [6.07, 6.45) is 3.01. The van der Waals surface area contributed by atoms with Crippen LogP contribution in [0.5, 0.6) is 0 Å². The maximum absolute atomic E-state index is 13.8. The van der Waals surface area contributed by atoms with E-state index in [4.69, 9.17) is 5.11 Å². The summed E-state index contributed by atoms with van der Waals surface area (Å²) in [7, 11) is 0. The summed E-state index contributed by atoms with van der Waals surface area (Å²) in [4.78, 5) is 10.7. The molecule has 0 aliphatic heterocycles. The van der Waals surface area contributed by atoms with Crippen LogP contribution < -0.4 is 5.32 Å². The molecule has 1 aromatic carbocycles. The minimum Gasteiger partial charge on any atom is -0.478 e. The molecule has 1 aromatic rings. The van der Waals surface area contributed by atoms with Gasteiger partial charge in [-0.1, -0.05) is 6.92 Å². The van der Waals surface area contributed by atoms with E-state index in [1.54, 1.807) is 0 Å². The number of carboxylic acid groups (broad SMARTS) is 1.